The first-order chi connectivity index (χ1) is 28.7. The molecule has 0 atom stereocenters. The number of nitrogens with one attached hydrogen (secondary N) is 1. The number of benzene rings is 3. The molecule has 60 heavy (non-hydrogen) atoms. The first-order valence-corrected chi connectivity index (χ1v) is 19.8. The number of pyridine rings is 1. The van der Waals surface area contributed by atoms with Crippen LogP contribution in [-0.2, 0) is 27.9 Å². The highest BCUT2D eigenvalue weighted by Crippen LogP contribution is 2.27. The van der Waals surface area contributed by atoms with E-state index in [1.165, 1.54) is 45.3 Å². The minimum atomic E-state index is -0.990. The molecule has 0 radical (unpaired) electrons. The summed E-state index contributed by atoms with van der Waals surface area (Å²) in [6, 6.07) is 16.3. The third-order valence-electron chi connectivity index (χ3n) is 8.20. The van der Waals surface area contributed by atoms with Crippen molar-refractivity contribution in [1.29, 1.82) is 0 Å². The zero-order chi connectivity index (χ0) is 43.9. The van der Waals surface area contributed by atoms with E-state index in [0.717, 1.165) is 48.1 Å². The van der Waals surface area contributed by atoms with Gasteiger partial charge in [0, 0.05) is 51.1 Å². The molecule has 0 bridgehead atoms. The fourth-order valence-corrected chi connectivity index (χ4v) is 5.81. The average molecular weight is 867 g/mol. The number of carbonyl (C=O) groups is 3. The quantitative estimate of drug-likeness (QED) is 0.0450. The average Bonchev–Trinajstić information content (AvgIpc) is 3.26. The number of hydrogen-bond donors (Lipinski definition) is 1. The Bertz CT molecular complexity index is 2520. The Morgan fingerprint density at radius 1 is 0.850 bits per heavy atom. The lowest BCUT2D eigenvalue weighted by Gasteiger charge is -2.21. The van der Waals surface area contributed by atoms with E-state index >= 15 is 0 Å². The number of methoxy groups -OCH3 is 1. The van der Waals surface area contributed by atoms with Crippen molar-refractivity contribution in [2.75, 3.05) is 55.4 Å². The third-order valence-corrected chi connectivity index (χ3v) is 9.33. The lowest BCUT2D eigenvalue weighted by atomic mass is 10.2. The molecular weight excluding hydrogens is 829 g/mol. The Morgan fingerprint density at radius 3 is 2.02 bits per heavy atom. The number of nitrogens with zero attached hydrogens (tertiary/aromatic N) is 7. The van der Waals surface area contributed by atoms with Crippen molar-refractivity contribution in [1.82, 2.24) is 24.5 Å². The normalized spacial score (nSPS) is 10.4. The van der Waals surface area contributed by atoms with E-state index in [4.69, 9.17) is 4.74 Å². The summed E-state index contributed by atoms with van der Waals surface area (Å²) < 4.78 is 65.1. The molecular formula is C40H38F4N8O6S2. The number of thioether (sulfide) groups is 2. The predicted molar refractivity (Wildman–Crippen MR) is 222 cm³/mol. The molecule has 0 unspecified atom stereocenters. The Kier molecular flexibility index (Phi) is 16.9. The van der Waals surface area contributed by atoms with Crippen molar-refractivity contribution < 1.29 is 41.4 Å². The van der Waals surface area contributed by atoms with Gasteiger partial charge in [-0.3, -0.25) is 23.9 Å². The summed E-state index contributed by atoms with van der Waals surface area (Å²) >= 11 is 2.82. The van der Waals surface area contributed by atoms with Crippen molar-refractivity contribution in [3.63, 3.8) is 0 Å². The highest BCUT2D eigenvalue weighted by atomic mass is 32.2. The van der Waals surface area contributed by atoms with Crippen LogP contribution < -0.4 is 20.7 Å². The monoisotopic (exact) mass is 866 g/mol. The summed E-state index contributed by atoms with van der Waals surface area (Å²) in [5.74, 6) is -3.40. The topological polar surface area (TPSA) is 162 Å². The summed E-state index contributed by atoms with van der Waals surface area (Å²) in [4.78, 5) is 65.5. The van der Waals surface area contributed by atoms with Gasteiger partial charge in [-0.05, 0) is 48.4 Å². The SMILES string of the molecule is CNc1nc(SC)ncc1C=O.COC(=O)CN(C(=O)OCc1ccccc1)c1ccc(F)cc1F.CSc1ncc2cc(N(C)c3ccc(F)cc3F)c(=O)n(C)c2n1. The van der Waals surface area contributed by atoms with Gasteiger partial charge in [0.05, 0.1) is 24.0 Å². The Labute approximate surface area is 350 Å². The molecule has 3 aromatic heterocycles. The summed E-state index contributed by atoms with van der Waals surface area (Å²) in [6.07, 6.45) is 6.64. The fourth-order valence-electron chi connectivity index (χ4n) is 5.13. The minimum Gasteiger partial charge on any atom is -0.468 e. The molecule has 1 amide bonds. The number of anilines is 4. The number of amides is 1. The van der Waals surface area contributed by atoms with Gasteiger partial charge in [-0.25, -0.2) is 42.3 Å². The number of aryl methyl sites for hydroxylation is 1. The molecule has 20 heteroatoms. The maximum Gasteiger partial charge on any atom is 0.415 e. The van der Waals surface area contributed by atoms with E-state index in [0.29, 0.717) is 38.8 Å². The van der Waals surface area contributed by atoms with Gasteiger partial charge in [0.2, 0.25) is 0 Å². The van der Waals surface area contributed by atoms with Crippen molar-refractivity contribution >= 4 is 75.8 Å². The standard InChI is InChI=1S/C17H15F2NO4.C16H14F2N4OS.C7H9N3OS/c1-23-16(21)10-20(15-8-7-13(18)9-14(15)19)17(22)24-11-12-5-3-2-4-6-12;1-21(12-5-4-10(17)7-11(12)18)13-6-9-8-19-16(24-3)20-14(9)22(2)15(13)23;1-8-6-5(4-11)3-9-7(10-6)12-2/h2-9H,10-11H2,1H3;4-8H,1-3H3;3-4H,1-2H3,(H,8,9,10). The van der Waals surface area contributed by atoms with Crippen LogP contribution in [0.15, 0.2) is 100 Å². The number of hydrogen-bond acceptors (Lipinski definition) is 14. The van der Waals surface area contributed by atoms with Gasteiger partial charge in [-0.1, -0.05) is 53.9 Å². The Hall–Kier alpha value is -6.54. The smallest absolute Gasteiger partial charge is 0.415 e. The molecule has 0 saturated heterocycles. The van der Waals surface area contributed by atoms with Crippen LogP contribution in [0.3, 0.4) is 0 Å². The van der Waals surface area contributed by atoms with Gasteiger partial charge in [0.1, 0.15) is 53.6 Å². The van der Waals surface area contributed by atoms with E-state index in [-0.39, 0.29) is 29.2 Å². The van der Waals surface area contributed by atoms with Crippen LogP contribution >= 0.6 is 23.5 Å². The van der Waals surface area contributed by atoms with E-state index in [1.807, 2.05) is 18.6 Å². The number of carbonyl (C=O) groups excluding carboxylic acids is 3. The van der Waals surface area contributed by atoms with E-state index in [9.17, 15) is 36.7 Å². The molecule has 3 heterocycles. The van der Waals surface area contributed by atoms with Gasteiger partial charge >= 0.3 is 12.1 Å². The van der Waals surface area contributed by atoms with Gasteiger partial charge in [0.15, 0.2) is 16.6 Å². The summed E-state index contributed by atoms with van der Waals surface area (Å²) in [5.41, 5.74) is 1.44. The van der Waals surface area contributed by atoms with Crippen molar-refractivity contribution in [2.24, 2.45) is 7.05 Å². The molecule has 0 fully saturated rings. The molecule has 0 aliphatic heterocycles. The number of fused-ring (bicyclic) bond motifs is 1. The van der Waals surface area contributed by atoms with Crippen molar-refractivity contribution in [2.45, 2.75) is 16.9 Å². The van der Waals surface area contributed by atoms with Gasteiger partial charge < -0.3 is 19.7 Å². The Morgan fingerprint density at radius 2 is 1.45 bits per heavy atom. The fraction of sp³-hybridized carbons (Fsp3) is 0.200. The molecule has 0 aliphatic carbocycles. The van der Waals surface area contributed by atoms with Crippen LogP contribution in [0.2, 0.25) is 0 Å². The highest BCUT2D eigenvalue weighted by molar-refractivity contribution is 7.98. The van der Waals surface area contributed by atoms with E-state index in [2.05, 4.69) is 30.0 Å². The predicted octanol–water partition coefficient (Wildman–Crippen LogP) is 7.43. The van der Waals surface area contributed by atoms with E-state index in [1.54, 1.807) is 57.7 Å². The van der Waals surface area contributed by atoms with Crippen LogP contribution in [0, 0.1) is 23.3 Å². The third kappa shape index (κ3) is 12.0. The van der Waals surface area contributed by atoms with Crippen LogP contribution in [0.25, 0.3) is 11.0 Å². The molecule has 6 rings (SSSR count). The maximum atomic E-state index is 14.0. The second kappa shape index (κ2) is 22.0. The maximum absolute atomic E-state index is 14.0. The first kappa shape index (κ1) is 46.2. The van der Waals surface area contributed by atoms with Crippen LogP contribution in [0.4, 0.5) is 45.2 Å². The Balaban J connectivity index is 0.000000210. The number of ether oxygens (including phenoxy) is 2. The van der Waals surface area contributed by atoms with Crippen LogP contribution in [-0.4, -0.2) is 83.1 Å². The molecule has 14 nitrogen and oxygen atoms in total. The zero-order valence-corrected chi connectivity index (χ0v) is 34.6. The number of rotatable bonds is 11. The number of esters is 1. The van der Waals surface area contributed by atoms with E-state index < -0.39 is 41.9 Å². The van der Waals surface area contributed by atoms with Gasteiger partial charge in [-0.2, -0.15) is 0 Å². The molecule has 1 N–H and O–H groups in total. The van der Waals surface area contributed by atoms with Crippen molar-refractivity contribution in [3.05, 3.63) is 130 Å². The molecule has 3 aromatic carbocycles. The first-order valence-electron chi connectivity index (χ1n) is 17.4. The van der Waals surface area contributed by atoms with Crippen LogP contribution in [0.5, 0.6) is 0 Å². The molecule has 6 aromatic rings. The minimum absolute atomic E-state index is 0.0554. The second-order valence-corrected chi connectivity index (χ2v) is 13.6. The lowest BCUT2D eigenvalue weighted by molar-refractivity contribution is -0.138. The van der Waals surface area contributed by atoms with Crippen molar-refractivity contribution in [3.8, 4) is 0 Å². The van der Waals surface area contributed by atoms with Gasteiger partial charge in [-0.15, -0.1) is 0 Å². The molecule has 314 valence electrons. The highest BCUT2D eigenvalue weighted by Gasteiger charge is 2.24. The largest absolute Gasteiger partial charge is 0.468 e. The zero-order valence-electron chi connectivity index (χ0n) is 33.0. The number of halogens is 4. The molecule has 0 saturated carbocycles. The van der Waals surface area contributed by atoms with Crippen LogP contribution in [0.1, 0.15) is 15.9 Å². The second-order valence-electron chi connectivity index (χ2n) is 12.0. The summed E-state index contributed by atoms with van der Waals surface area (Å²) in [5, 5.41) is 4.69. The van der Waals surface area contributed by atoms with Gasteiger partial charge in [0.25, 0.3) is 5.56 Å². The number of aldehydes is 1. The molecule has 0 aliphatic rings. The summed E-state index contributed by atoms with van der Waals surface area (Å²) in [6.45, 7) is -0.618. The summed E-state index contributed by atoms with van der Waals surface area (Å²) in [7, 11) is 6.01. The lowest BCUT2D eigenvalue weighted by Crippen LogP contribution is -2.37. The molecule has 0 spiro atoms. The number of aromatic nitrogens is 5.